The molecule has 1 aliphatic heterocycles. The Balaban J connectivity index is 2.12. The third-order valence-corrected chi connectivity index (χ3v) is 4.02. The molecule has 2 rings (SSSR count). The summed E-state index contributed by atoms with van der Waals surface area (Å²) in [6.07, 6.45) is 1.48. The van der Waals surface area contributed by atoms with Gasteiger partial charge in [-0.2, -0.15) is 0 Å². The van der Waals surface area contributed by atoms with E-state index in [0.29, 0.717) is 18.7 Å². The highest BCUT2D eigenvalue weighted by Crippen LogP contribution is 2.22. The van der Waals surface area contributed by atoms with E-state index in [1.165, 1.54) is 25.3 Å². The minimum atomic E-state index is -0.410. The molecule has 4 nitrogen and oxygen atoms in total. The summed E-state index contributed by atoms with van der Waals surface area (Å²) in [5, 5.41) is 0. The van der Waals surface area contributed by atoms with E-state index in [1.807, 2.05) is 0 Å². The lowest BCUT2D eigenvalue weighted by Gasteiger charge is -2.31. The average molecular weight is 344 g/mol. The Labute approximate surface area is 125 Å². The molecule has 6 heteroatoms. The van der Waals surface area contributed by atoms with Crippen molar-refractivity contribution in [3.63, 3.8) is 0 Å². The van der Waals surface area contributed by atoms with Crippen molar-refractivity contribution in [2.75, 3.05) is 20.2 Å². The van der Waals surface area contributed by atoms with Crippen LogP contribution in [0, 0.1) is 11.7 Å². The van der Waals surface area contributed by atoms with Gasteiger partial charge >= 0.3 is 5.97 Å². The van der Waals surface area contributed by atoms with Crippen LogP contribution in [0.4, 0.5) is 4.39 Å². The van der Waals surface area contributed by atoms with Crippen LogP contribution in [0.25, 0.3) is 0 Å². The Morgan fingerprint density at radius 2 is 2.20 bits per heavy atom. The number of ether oxygens (including phenoxy) is 1. The number of carbonyl (C=O) groups is 2. The van der Waals surface area contributed by atoms with Crippen molar-refractivity contribution >= 4 is 27.8 Å². The van der Waals surface area contributed by atoms with Crippen LogP contribution < -0.4 is 0 Å². The van der Waals surface area contributed by atoms with E-state index in [0.717, 1.165) is 12.8 Å². The molecule has 1 unspecified atom stereocenters. The number of nitrogens with zero attached hydrogens (tertiary/aromatic N) is 1. The molecule has 1 heterocycles. The fraction of sp³-hybridized carbons (Fsp3) is 0.429. The fourth-order valence-electron chi connectivity index (χ4n) is 2.33. The van der Waals surface area contributed by atoms with Gasteiger partial charge in [0, 0.05) is 18.7 Å². The molecule has 20 heavy (non-hydrogen) atoms. The number of likely N-dealkylation sites (tertiary alicyclic amines) is 1. The van der Waals surface area contributed by atoms with Crippen molar-refractivity contribution in [1.82, 2.24) is 4.90 Å². The maximum Gasteiger partial charge on any atom is 0.310 e. The molecule has 1 amide bonds. The van der Waals surface area contributed by atoms with Gasteiger partial charge in [0.25, 0.3) is 5.91 Å². The maximum absolute atomic E-state index is 13.2. The number of rotatable bonds is 2. The van der Waals surface area contributed by atoms with Crippen molar-refractivity contribution in [2.24, 2.45) is 5.92 Å². The van der Waals surface area contributed by atoms with Gasteiger partial charge in [0.1, 0.15) is 5.82 Å². The molecule has 1 fully saturated rings. The summed E-state index contributed by atoms with van der Waals surface area (Å²) in [4.78, 5) is 25.5. The zero-order chi connectivity index (χ0) is 14.7. The Hall–Kier alpha value is -1.43. The summed E-state index contributed by atoms with van der Waals surface area (Å²) < 4.78 is 18.2. The second-order valence-electron chi connectivity index (χ2n) is 4.74. The second kappa shape index (κ2) is 6.35. The first-order chi connectivity index (χ1) is 9.52. The Kier molecular flexibility index (Phi) is 4.75. The lowest BCUT2D eigenvalue weighted by atomic mass is 9.97. The summed E-state index contributed by atoms with van der Waals surface area (Å²) in [7, 11) is 1.35. The quantitative estimate of drug-likeness (QED) is 0.775. The Morgan fingerprint density at radius 1 is 1.45 bits per heavy atom. The van der Waals surface area contributed by atoms with Crippen LogP contribution in [0.15, 0.2) is 22.7 Å². The highest BCUT2D eigenvalue weighted by Gasteiger charge is 2.29. The van der Waals surface area contributed by atoms with Crippen LogP contribution in [0.1, 0.15) is 23.2 Å². The first-order valence-electron chi connectivity index (χ1n) is 6.35. The molecule has 108 valence electrons. The number of carbonyl (C=O) groups excluding carboxylic acids is 2. The number of benzene rings is 1. The summed E-state index contributed by atoms with van der Waals surface area (Å²) in [5.41, 5.74) is 0.406. The molecule has 0 saturated carbocycles. The Bertz CT molecular complexity index is 535. The van der Waals surface area contributed by atoms with E-state index >= 15 is 0 Å². The molecule has 0 spiro atoms. The number of amides is 1. The number of esters is 1. The first kappa shape index (κ1) is 15.0. The van der Waals surface area contributed by atoms with E-state index < -0.39 is 5.82 Å². The SMILES string of the molecule is COC(=O)C1CCCN(C(=O)c2ccc(F)c(Br)c2)C1. The van der Waals surface area contributed by atoms with Crippen molar-refractivity contribution in [3.05, 3.63) is 34.1 Å². The summed E-state index contributed by atoms with van der Waals surface area (Å²) in [5.74, 6) is -1.17. The predicted octanol–water partition coefficient (Wildman–Crippen LogP) is 2.61. The van der Waals surface area contributed by atoms with Crippen molar-refractivity contribution in [2.45, 2.75) is 12.8 Å². The van der Waals surface area contributed by atoms with Gasteiger partial charge in [0.05, 0.1) is 17.5 Å². The van der Waals surface area contributed by atoms with E-state index in [9.17, 15) is 14.0 Å². The fourth-order valence-corrected chi connectivity index (χ4v) is 2.71. The van der Waals surface area contributed by atoms with Crippen LogP contribution in [0.2, 0.25) is 0 Å². The monoisotopic (exact) mass is 343 g/mol. The molecule has 1 aromatic rings. The van der Waals surface area contributed by atoms with Gasteiger partial charge in [-0.15, -0.1) is 0 Å². The number of methoxy groups -OCH3 is 1. The lowest BCUT2D eigenvalue weighted by Crippen LogP contribution is -2.42. The zero-order valence-electron chi connectivity index (χ0n) is 11.1. The van der Waals surface area contributed by atoms with Crippen molar-refractivity contribution in [1.29, 1.82) is 0 Å². The van der Waals surface area contributed by atoms with Gasteiger partial charge in [-0.3, -0.25) is 9.59 Å². The highest BCUT2D eigenvalue weighted by molar-refractivity contribution is 9.10. The largest absolute Gasteiger partial charge is 0.469 e. The van der Waals surface area contributed by atoms with Crippen LogP contribution in [0.3, 0.4) is 0 Å². The number of piperidine rings is 1. The molecule has 1 aromatic carbocycles. The normalized spacial score (nSPS) is 18.8. The maximum atomic E-state index is 13.2. The van der Waals surface area contributed by atoms with E-state index in [4.69, 9.17) is 4.74 Å². The van der Waals surface area contributed by atoms with Crippen LogP contribution >= 0.6 is 15.9 Å². The van der Waals surface area contributed by atoms with Gasteiger partial charge in [-0.1, -0.05) is 0 Å². The highest BCUT2D eigenvalue weighted by atomic mass is 79.9. The first-order valence-corrected chi connectivity index (χ1v) is 7.14. The predicted molar refractivity (Wildman–Crippen MR) is 74.7 cm³/mol. The number of hydrogen-bond acceptors (Lipinski definition) is 3. The van der Waals surface area contributed by atoms with E-state index in [2.05, 4.69) is 15.9 Å². The molecule has 0 aromatic heterocycles. The summed E-state index contributed by atoms with van der Waals surface area (Å²) in [6, 6.07) is 4.16. The second-order valence-corrected chi connectivity index (χ2v) is 5.60. The molecule has 1 saturated heterocycles. The third-order valence-electron chi connectivity index (χ3n) is 3.41. The van der Waals surface area contributed by atoms with E-state index in [-0.39, 0.29) is 22.3 Å². The molecule has 0 bridgehead atoms. The molecule has 1 aliphatic rings. The van der Waals surface area contributed by atoms with Gasteiger partial charge in [0.2, 0.25) is 0 Å². The zero-order valence-corrected chi connectivity index (χ0v) is 12.7. The molecular weight excluding hydrogens is 329 g/mol. The summed E-state index contributed by atoms with van der Waals surface area (Å²) in [6.45, 7) is 0.946. The summed E-state index contributed by atoms with van der Waals surface area (Å²) >= 11 is 3.06. The van der Waals surface area contributed by atoms with Crippen molar-refractivity contribution in [3.8, 4) is 0 Å². The minimum absolute atomic E-state index is 0.195. The topological polar surface area (TPSA) is 46.6 Å². The molecule has 0 radical (unpaired) electrons. The number of halogens is 2. The average Bonchev–Trinajstić information content (AvgIpc) is 2.48. The standard InChI is InChI=1S/C14H15BrFNO3/c1-20-14(19)10-3-2-6-17(8-10)13(18)9-4-5-12(16)11(15)7-9/h4-5,7,10H,2-3,6,8H2,1H3. The number of hydrogen-bond donors (Lipinski definition) is 0. The minimum Gasteiger partial charge on any atom is -0.469 e. The van der Waals surface area contributed by atoms with E-state index in [1.54, 1.807) is 4.90 Å². The smallest absolute Gasteiger partial charge is 0.310 e. The van der Waals surface area contributed by atoms with Gasteiger partial charge in [-0.05, 0) is 47.0 Å². The van der Waals surface area contributed by atoms with Gasteiger partial charge in [0.15, 0.2) is 0 Å². The molecule has 0 N–H and O–H groups in total. The molecular formula is C14H15BrFNO3. The lowest BCUT2D eigenvalue weighted by molar-refractivity contribution is -0.146. The Morgan fingerprint density at radius 3 is 2.85 bits per heavy atom. The van der Waals surface area contributed by atoms with Gasteiger partial charge < -0.3 is 9.64 Å². The van der Waals surface area contributed by atoms with Crippen LogP contribution in [-0.2, 0) is 9.53 Å². The van der Waals surface area contributed by atoms with Crippen LogP contribution in [0.5, 0.6) is 0 Å². The molecule has 0 aliphatic carbocycles. The molecule has 1 atom stereocenters. The van der Waals surface area contributed by atoms with Crippen molar-refractivity contribution < 1.29 is 18.7 Å². The van der Waals surface area contributed by atoms with Gasteiger partial charge in [-0.25, -0.2) is 4.39 Å². The third kappa shape index (κ3) is 3.17. The van der Waals surface area contributed by atoms with Crippen LogP contribution in [-0.4, -0.2) is 37.0 Å².